The molecule has 2 aliphatic heterocycles. The van der Waals surface area contributed by atoms with Gasteiger partial charge in [0.25, 0.3) is 23.6 Å². The molecular formula is C59H84N6O18S2. The lowest BCUT2D eigenvalue weighted by atomic mass is 10.1. The molecule has 0 aliphatic carbocycles. The summed E-state index contributed by atoms with van der Waals surface area (Å²) < 4.78 is 44.1. The molecule has 4 N–H and O–H groups in total. The number of hydroxylamine groups is 4. The van der Waals surface area contributed by atoms with Gasteiger partial charge in [0.15, 0.2) is 0 Å². The normalized spacial score (nSPS) is 13.3. The number of aryl methyl sites for hydroxylation is 1. The first kappa shape index (κ1) is 70.3. The van der Waals surface area contributed by atoms with E-state index in [-0.39, 0.29) is 96.5 Å². The fourth-order valence-electron chi connectivity index (χ4n) is 8.31. The van der Waals surface area contributed by atoms with Crippen LogP contribution >= 0.6 is 21.6 Å². The third-order valence-corrected chi connectivity index (χ3v) is 15.3. The molecule has 0 saturated heterocycles. The van der Waals surface area contributed by atoms with Crippen molar-refractivity contribution in [2.24, 2.45) is 0 Å². The van der Waals surface area contributed by atoms with Crippen LogP contribution in [0.2, 0.25) is 0 Å². The fraction of sp³-hybridized carbons (Fsp3) is 0.576. The highest BCUT2D eigenvalue weighted by molar-refractivity contribution is 8.76. The Morgan fingerprint density at radius 1 is 0.471 bits per heavy atom. The number of nitrogens with zero attached hydrogens (tertiary/aromatic N) is 3. The summed E-state index contributed by atoms with van der Waals surface area (Å²) in [6.45, 7) is 8.47. The van der Waals surface area contributed by atoms with Gasteiger partial charge in [-0.2, -0.15) is 0 Å². The molecule has 470 valence electrons. The van der Waals surface area contributed by atoms with Crippen molar-refractivity contribution in [3.8, 4) is 0 Å². The summed E-state index contributed by atoms with van der Waals surface area (Å²) in [4.78, 5) is 101. The van der Waals surface area contributed by atoms with E-state index in [9.17, 15) is 38.7 Å². The molecule has 24 nitrogen and oxygen atoms in total. The first-order chi connectivity index (χ1) is 41.6. The highest BCUT2D eigenvalue weighted by Gasteiger charge is 2.37. The highest BCUT2D eigenvalue weighted by Crippen LogP contribution is 2.34. The zero-order valence-electron chi connectivity index (χ0n) is 48.7. The van der Waals surface area contributed by atoms with Crippen LogP contribution in [0.5, 0.6) is 0 Å². The average molecular weight is 1230 g/mol. The van der Waals surface area contributed by atoms with Crippen LogP contribution in [0.4, 0.5) is 0 Å². The number of hydrogen-bond acceptors (Lipinski definition) is 21. The Labute approximate surface area is 505 Å². The van der Waals surface area contributed by atoms with E-state index in [1.165, 1.54) is 10.5 Å². The van der Waals surface area contributed by atoms with E-state index in [2.05, 4.69) is 35.0 Å². The number of amides is 7. The number of carbonyl (C=O) groups excluding carboxylic acids is 7. The largest absolute Gasteiger partial charge is 0.379 e. The molecule has 5 rings (SSSR count). The van der Waals surface area contributed by atoms with Crippen molar-refractivity contribution in [2.45, 2.75) is 69.4 Å². The van der Waals surface area contributed by atoms with E-state index < -0.39 is 29.9 Å². The van der Waals surface area contributed by atoms with Gasteiger partial charge in [0.2, 0.25) is 17.7 Å². The first-order valence-electron chi connectivity index (χ1n) is 29.0. The number of carbonyl (C=O) groups is 7. The third-order valence-electron chi connectivity index (χ3n) is 12.8. The van der Waals surface area contributed by atoms with Crippen molar-refractivity contribution in [3.05, 3.63) is 101 Å². The summed E-state index contributed by atoms with van der Waals surface area (Å²) in [6, 6.07) is 21.4. The van der Waals surface area contributed by atoms with Gasteiger partial charge in [-0.15, -0.1) is 10.1 Å². The number of aliphatic hydroxyl groups excluding tert-OH is 1. The topological polar surface area (TPSA) is 278 Å². The van der Waals surface area contributed by atoms with Gasteiger partial charge in [0.05, 0.1) is 141 Å². The van der Waals surface area contributed by atoms with Crippen LogP contribution in [0.15, 0.2) is 77.7 Å². The van der Waals surface area contributed by atoms with Gasteiger partial charge in [-0.25, -0.2) is 0 Å². The third kappa shape index (κ3) is 27.4. The van der Waals surface area contributed by atoms with Crippen LogP contribution in [0.3, 0.4) is 0 Å². The van der Waals surface area contributed by atoms with E-state index in [0.717, 1.165) is 29.4 Å². The molecule has 0 spiro atoms. The molecule has 1 unspecified atom stereocenters. The number of rotatable bonds is 51. The maximum Gasteiger partial charge on any atom is 0.285 e. The maximum absolute atomic E-state index is 12.7. The summed E-state index contributed by atoms with van der Waals surface area (Å²) >= 11 is 0. The molecule has 0 aromatic heterocycles. The van der Waals surface area contributed by atoms with Gasteiger partial charge in [0, 0.05) is 62.6 Å². The standard InChI is InChI=1S/C59H84N6O18S2/c1-2-46-12-5-10-17-51(46)85-84-45-21-54(68)60-22-11-3-4-18-55(69)63(25-23-61-52(66)19-27-74-29-31-76-33-35-78-37-39-80-41-43-82-64-56(70)47-13-6-7-14-48(47)57(64)71)26-24-62-53(67)20-28-75-30-32-77-34-36-79-38-40-81-42-44-83-65-58(72)49-15-8-9-16-50(49)59(65)73/h5-10,12-17,55,69H,2-4,11,18-45H2,1H3,(H,60,68)(H,61,66)(H,62,67). The van der Waals surface area contributed by atoms with E-state index >= 15 is 0 Å². The lowest BCUT2D eigenvalue weighted by molar-refractivity contribution is -0.123. The molecule has 0 bridgehead atoms. The van der Waals surface area contributed by atoms with E-state index in [4.69, 9.17) is 47.6 Å². The second-order valence-electron chi connectivity index (χ2n) is 19.0. The Kier molecular flexibility index (Phi) is 35.8. The Bertz CT molecular complexity index is 2290. The van der Waals surface area contributed by atoms with Gasteiger partial charge in [-0.05, 0) is 61.6 Å². The number of imide groups is 2. The monoisotopic (exact) mass is 1230 g/mol. The zero-order chi connectivity index (χ0) is 60.5. The minimum atomic E-state index is -0.819. The van der Waals surface area contributed by atoms with Gasteiger partial charge >= 0.3 is 0 Å². The predicted octanol–water partition coefficient (Wildman–Crippen LogP) is 4.28. The number of nitrogens with one attached hydrogen (secondary N) is 3. The Morgan fingerprint density at radius 3 is 1.26 bits per heavy atom. The van der Waals surface area contributed by atoms with Crippen LogP contribution in [-0.4, -0.2) is 225 Å². The van der Waals surface area contributed by atoms with Crippen molar-refractivity contribution in [3.63, 3.8) is 0 Å². The van der Waals surface area contributed by atoms with Crippen LogP contribution in [0.25, 0.3) is 0 Å². The molecule has 0 radical (unpaired) electrons. The van der Waals surface area contributed by atoms with Gasteiger partial charge in [-0.3, -0.25) is 48.1 Å². The van der Waals surface area contributed by atoms with Crippen LogP contribution in [-0.2, 0) is 68.4 Å². The molecule has 85 heavy (non-hydrogen) atoms. The second-order valence-corrected chi connectivity index (χ2v) is 21.5. The number of fused-ring (bicyclic) bond motifs is 2. The number of hydrogen-bond donors (Lipinski definition) is 4. The lowest BCUT2D eigenvalue weighted by Gasteiger charge is -2.28. The number of benzene rings is 3. The number of aliphatic hydroxyl groups is 1. The Hall–Kier alpha value is -5.43. The minimum absolute atomic E-state index is 0.0176. The van der Waals surface area contributed by atoms with Crippen molar-refractivity contribution in [1.29, 1.82) is 0 Å². The van der Waals surface area contributed by atoms with E-state index in [1.807, 2.05) is 17.0 Å². The SMILES string of the molecule is CCc1ccccc1SSCCC(=O)NCCCCCC(O)N(CCNC(=O)CCOCCOCCOCCOCCON1C(=O)c2ccccc2C1=O)CCNC(=O)CCOCCOCCOCCOCCON1C(=O)c2ccccc2C1=O. The summed E-state index contributed by atoms with van der Waals surface area (Å²) in [7, 11) is 3.38. The quantitative estimate of drug-likeness (QED) is 0.0266. The van der Waals surface area contributed by atoms with Crippen molar-refractivity contribution in [2.75, 3.05) is 157 Å². The van der Waals surface area contributed by atoms with Crippen LogP contribution < -0.4 is 16.0 Å². The van der Waals surface area contributed by atoms with Gasteiger partial charge < -0.3 is 59.0 Å². The fourth-order valence-corrected chi connectivity index (χ4v) is 10.6. The molecule has 0 fully saturated rings. The number of unbranched alkanes of at least 4 members (excludes halogenated alkanes) is 2. The van der Waals surface area contributed by atoms with Crippen LogP contribution in [0.1, 0.15) is 98.9 Å². The maximum atomic E-state index is 12.7. The van der Waals surface area contributed by atoms with Gasteiger partial charge in [-0.1, -0.05) is 77.4 Å². The average Bonchev–Trinajstić information content (AvgIpc) is 4.01. The summed E-state index contributed by atoms with van der Waals surface area (Å²) in [5.74, 6) is -1.67. The molecule has 26 heteroatoms. The van der Waals surface area contributed by atoms with Crippen molar-refractivity contribution >= 4 is 62.9 Å². The molecule has 2 aliphatic rings. The Morgan fingerprint density at radius 2 is 0.835 bits per heavy atom. The molecule has 7 amide bonds. The van der Waals surface area contributed by atoms with E-state index in [0.29, 0.717) is 133 Å². The van der Waals surface area contributed by atoms with E-state index in [1.54, 1.807) is 70.1 Å². The summed E-state index contributed by atoms with van der Waals surface area (Å²) in [6.07, 6.45) is 3.61. The molecule has 0 saturated carbocycles. The summed E-state index contributed by atoms with van der Waals surface area (Å²) in [5.41, 5.74) is 2.54. The first-order valence-corrected chi connectivity index (χ1v) is 31.3. The molecular weight excluding hydrogens is 1140 g/mol. The summed E-state index contributed by atoms with van der Waals surface area (Å²) in [5, 5.41) is 21.5. The molecule has 1 atom stereocenters. The van der Waals surface area contributed by atoms with Gasteiger partial charge in [0.1, 0.15) is 6.23 Å². The predicted molar refractivity (Wildman–Crippen MR) is 315 cm³/mol. The lowest BCUT2D eigenvalue weighted by Crippen LogP contribution is -2.45. The molecule has 2 heterocycles. The second kappa shape index (κ2) is 43.2. The molecule has 3 aromatic carbocycles. The zero-order valence-corrected chi connectivity index (χ0v) is 50.3. The van der Waals surface area contributed by atoms with Crippen LogP contribution in [0, 0.1) is 0 Å². The van der Waals surface area contributed by atoms with Crippen molar-refractivity contribution < 1.29 is 86.2 Å². The number of ether oxygens (including phenoxy) is 8. The highest BCUT2D eigenvalue weighted by atomic mass is 33.1. The molecule has 3 aromatic rings. The Balaban J connectivity index is 0.847. The van der Waals surface area contributed by atoms with Crippen molar-refractivity contribution in [1.82, 2.24) is 31.0 Å². The minimum Gasteiger partial charge on any atom is -0.379 e. The smallest absolute Gasteiger partial charge is 0.285 e.